The number of amides is 1. The van der Waals surface area contributed by atoms with Crippen LogP contribution in [-0.4, -0.2) is 24.8 Å². The summed E-state index contributed by atoms with van der Waals surface area (Å²) in [6.45, 7) is 5.64. The van der Waals surface area contributed by atoms with E-state index in [0.29, 0.717) is 40.7 Å². The van der Waals surface area contributed by atoms with Crippen molar-refractivity contribution in [2.75, 3.05) is 28.6 Å². The van der Waals surface area contributed by atoms with E-state index >= 15 is 0 Å². The SMILES string of the molecule is CC(=O)c1cccc(NC(=O)c2ccc(CNc3c(N4CCC(C)CC4)c(=O)c3=O)cc2)c1. The fourth-order valence-corrected chi connectivity index (χ4v) is 4.06. The van der Waals surface area contributed by atoms with Crippen LogP contribution < -0.4 is 26.4 Å². The Morgan fingerprint density at radius 3 is 2.33 bits per heavy atom. The zero-order valence-corrected chi connectivity index (χ0v) is 18.8. The quantitative estimate of drug-likeness (QED) is 0.426. The highest BCUT2D eigenvalue weighted by atomic mass is 16.2. The largest absolute Gasteiger partial charge is 0.376 e. The van der Waals surface area contributed by atoms with Crippen LogP contribution in [0.5, 0.6) is 0 Å². The van der Waals surface area contributed by atoms with Crippen molar-refractivity contribution in [1.82, 2.24) is 0 Å². The number of hydrogen-bond donors (Lipinski definition) is 2. The van der Waals surface area contributed by atoms with Gasteiger partial charge in [-0.15, -0.1) is 0 Å². The van der Waals surface area contributed by atoms with Crippen LogP contribution in [0.15, 0.2) is 58.1 Å². The molecule has 0 atom stereocenters. The number of carbonyl (C=O) groups excluding carboxylic acids is 2. The number of benzene rings is 2. The molecule has 0 saturated carbocycles. The minimum Gasteiger partial charge on any atom is -0.376 e. The molecule has 1 saturated heterocycles. The summed E-state index contributed by atoms with van der Waals surface area (Å²) in [5.74, 6) is 0.292. The van der Waals surface area contributed by atoms with Crippen LogP contribution in [0.3, 0.4) is 0 Å². The number of anilines is 3. The van der Waals surface area contributed by atoms with E-state index in [2.05, 4.69) is 17.6 Å². The molecule has 0 aromatic heterocycles. The Bertz CT molecular complexity index is 1250. The maximum absolute atomic E-state index is 12.5. The van der Waals surface area contributed by atoms with Gasteiger partial charge in [-0.1, -0.05) is 31.2 Å². The van der Waals surface area contributed by atoms with E-state index in [1.54, 1.807) is 36.4 Å². The highest BCUT2D eigenvalue weighted by Gasteiger charge is 2.28. The van der Waals surface area contributed by atoms with E-state index < -0.39 is 10.9 Å². The Morgan fingerprint density at radius 2 is 1.67 bits per heavy atom. The summed E-state index contributed by atoms with van der Waals surface area (Å²) in [7, 11) is 0. The first-order valence-corrected chi connectivity index (χ1v) is 11.2. The Kier molecular flexibility index (Phi) is 6.40. The predicted octanol–water partition coefficient (Wildman–Crippen LogP) is 3.59. The zero-order chi connectivity index (χ0) is 23.5. The number of ketones is 1. The van der Waals surface area contributed by atoms with Gasteiger partial charge in [-0.2, -0.15) is 0 Å². The Balaban J connectivity index is 1.38. The van der Waals surface area contributed by atoms with Crippen LogP contribution in [0.4, 0.5) is 17.1 Å². The van der Waals surface area contributed by atoms with Gasteiger partial charge in [0.1, 0.15) is 11.4 Å². The minimum absolute atomic E-state index is 0.0669. The highest BCUT2D eigenvalue weighted by Crippen LogP contribution is 2.26. The third kappa shape index (κ3) is 4.87. The minimum atomic E-state index is -0.465. The summed E-state index contributed by atoms with van der Waals surface area (Å²) in [5, 5.41) is 5.91. The van der Waals surface area contributed by atoms with Crippen molar-refractivity contribution >= 4 is 28.8 Å². The van der Waals surface area contributed by atoms with Gasteiger partial charge in [-0.3, -0.25) is 19.2 Å². The molecular weight excluding hydrogens is 418 g/mol. The maximum Gasteiger partial charge on any atom is 0.255 e. The second kappa shape index (κ2) is 9.40. The van der Waals surface area contributed by atoms with E-state index in [9.17, 15) is 19.2 Å². The fraction of sp³-hybridized carbons (Fsp3) is 0.308. The lowest BCUT2D eigenvalue weighted by molar-refractivity contribution is 0.101. The smallest absolute Gasteiger partial charge is 0.255 e. The summed E-state index contributed by atoms with van der Waals surface area (Å²) in [4.78, 5) is 50.3. The van der Waals surface area contributed by atoms with Crippen LogP contribution in [0.25, 0.3) is 0 Å². The van der Waals surface area contributed by atoms with Crippen molar-refractivity contribution in [2.45, 2.75) is 33.2 Å². The topological polar surface area (TPSA) is 95.6 Å². The average molecular weight is 446 g/mol. The summed E-state index contributed by atoms with van der Waals surface area (Å²) in [6, 6.07) is 13.8. The number of hydrogen-bond acceptors (Lipinski definition) is 6. The fourth-order valence-electron chi connectivity index (χ4n) is 4.06. The van der Waals surface area contributed by atoms with Crippen molar-refractivity contribution in [3.05, 3.63) is 85.7 Å². The molecule has 0 bridgehead atoms. The Labute approximate surface area is 192 Å². The molecule has 1 fully saturated rings. The van der Waals surface area contributed by atoms with Crippen LogP contribution >= 0.6 is 0 Å². The third-order valence-corrected chi connectivity index (χ3v) is 6.20. The summed E-state index contributed by atoms with van der Waals surface area (Å²) in [6.07, 6.45) is 2.03. The molecule has 1 aliphatic heterocycles. The molecule has 7 heteroatoms. The van der Waals surface area contributed by atoms with Gasteiger partial charge in [0.05, 0.1) is 0 Å². The van der Waals surface area contributed by atoms with Crippen LogP contribution in [-0.2, 0) is 6.54 Å². The third-order valence-electron chi connectivity index (χ3n) is 6.20. The molecule has 0 spiro atoms. The summed E-state index contributed by atoms with van der Waals surface area (Å²) >= 11 is 0. The van der Waals surface area contributed by atoms with Crippen LogP contribution in [0.2, 0.25) is 0 Å². The van der Waals surface area contributed by atoms with Crippen LogP contribution in [0.1, 0.15) is 53.0 Å². The summed E-state index contributed by atoms with van der Waals surface area (Å²) < 4.78 is 0. The molecule has 2 N–H and O–H groups in total. The monoisotopic (exact) mass is 445 g/mol. The second-order valence-electron chi connectivity index (χ2n) is 8.69. The first-order valence-electron chi connectivity index (χ1n) is 11.2. The number of rotatable bonds is 7. The number of piperidine rings is 1. The Morgan fingerprint density at radius 1 is 0.970 bits per heavy atom. The lowest BCUT2D eigenvalue weighted by Crippen LogP contribution is -2.45. The van der Waals surface area contributed by atoms with Gasteiger partial charge in [-0.05, 0) is 55.5 Å². The molecule has 4 rings (SSSR count). The van der Waals surface area contributed by atoms with E-state index in [1.165, 1.54) is 6.92 Å². The molecule has 33 heavy (non-hydrogen) atoms. The van der Waals surface area contributed by atoms with Crippen molar-refractivity contribution in [3.8, 4) is 0 Å². The first kappa shape index (κ1) is 22.5. The van der Waals surface area contributed by atoms with Gasteiger partial charge in [0.2, 0.25) is 0 Å². The van der Waals surface area contributed by atoms with Crippen molar-refractivity contribution in [2.24, 2.45) is 5.92 Å². The summed E-state index contributed by atoms with van der Waals surface area (Å²) in [5.41, 5.74) is 2.47. The predicted molar refractivity (Wildman–Crippen MR) is 130 cm³/mol. The number of Topliss-reactive ketones (excluding diaryl/α,β-unsaturated/α-hetero) is 1. The first-order chi connectivity index (χ1) is 15.8. The molecule has 0 unspecified atom stereocenters. The standard InChI is InChI=1S/C26H27N3O4/c1-16-10-12-29(13-11-16)23-22(24(31)25(23)32)27-15-18-6-8-19(9-7-18)26(33)28-21-5-3-4-20(14-21)17(2)30/h3-9,14,16,27H,10-13,15H2,1-2H3,(H,28,33). The van der Waals surface area contributed by atoms with Gasteiger partial charge >= 0.3 is 0 Å². The number of nitrogens with one attached hydrogen (secondary N) is 2. The van der Waals surface area contributed by atoms with E-state index in [-0.39, 0.29) is 11.7 Å². The van der Waals surface area contributed by atoms with Gasteiger partial charge in [0.15, 0.2) is 5.78 Å². The molecule has 1 amide bonds. The lowest BCUT2D eigenvalue weighted by atomic mass is 9.98. The van der Waals surface area contributed by atoms with Gasteiger partial charge < -0.3 is 15.5 Å². The number of nitrogens with zero attached hydrogens (tertiary/aromatic N) is 1. The van der Waals surface area contributed by atoms with Gasteiger partial charge in [0.25, 0.3) is 16.8 Å². The van der Waals surface area contributed by atoms with E-state index in [1.807, 2.05) is 17.0 Å². The molecule has 170 valence electrons. The number of carbonyl (C=O) groups is 2. The zero-order valence-electron chi connectivity index (χ0n) is 18.8. The van der Waals surface area contributed by atoms with Crippen molar-refractivity contribution < 1.29 is 9.59 Å². The molecule has 0 radical (unpaired) electrons. The molecule has 1 aliphatic rings. The average Bonchev–Trinajstić information content (AvgIpc) is 2.82. The molecule has 7 nitrogen and oxygen atoms in total. The molecular formula is C26H27N3O4. The molecule has 3 aromatic carbocycles. The van der Waals surface area contributed by atoms with Gasteiger partial charge in [-0.25, -0.2) is 0 Å². The normalized spacial score (nSPS) is 14.3. The van der Waals surface area contributed by atoms with E-state index in [4.69, 9.17) is 0 Å². The highest BCUT2D eigenvalue weighted by molar-refractivity contribution is 6.05. The van der Waals surface area contributed by atoms with Gasteiger partial charge in [0, 0.05) is 36.4 Å². The Hall–Kier alpha value is -3.74. The molecule has 3 aromatic rings. The van der Waals surface area contributed by atoms with Crippen LogP contribution in [0, 0.1) is 5.92 Å². The second-order valence-corrected chi connectivity index (χ2v) is 8.69. The maximum atomic E-state index is 12.5. The van der Waals surface area contributed by atoms with Crippen molar-refractivity contribution in [3.63, 3.8) is 0 Å². The molecule has 1 heterocycles. The lowest BCUT2D eigenvalue weighted by Gasteiger charge is -2.33. The van der Waals surface area contributed by atoms with Crippen molar-refractivity contribution in [1.29, 1.82) is 0 Å². The molecule has 0 aliphatic carbocycles. The van der Waals surface area contributed by atoms with E-state index in [0.717, 1.165) is 31.5 Å².